The molecule has 0 radical (unpaired) electrons. The molecule has 0 aliphatic carbocycles. The van der Waals surface area contributed by atoms with Gasteiger partial charge in [0.25, 0.3) is 0 Å². The van der Waals surface area contributed by atoms with Crippen molar-refractivity contribution in [1.82, 2.24) is 0 Å². The third kappa shape index (κ3) is 2.69. The summed E-state index contributed by atoms with van der Waals surface area (Å²) in [6.45, 7) is 3.60. The van der Waals surface area contributed by atoms with Crippen molar-refractivity contribution >= 4 is 0 Å². The van der Waals surface area contributed by atoms with Gasteiger partial charge in [-0.25, -0.2) is 0 Å². The summed E-state index contributed by atoms with van der Waals surface area (Å²) in [5.74, 6) is 0. The van der Waals surface area contributed by atoms with E-state index in [2.05, 4.69) is 0 Å². The monoisotopic (exact) mass is 132 g/mol. The molecule has 2 nitrogen and oxygen atoms in total. The minimum absolute atomic E-state index is 0.837. The third-order valence-electron chi connectivity index (χ3n) is 1.18. The Balaban J connectivity index is 4.43. The van der Waals surface area contributed by atoms with Crippen LogP contribution in [-0.4, -0.2) is 0 Å². The van der Waals surface area contributed by atoms with Crippen LogP contribution < -0.4 is 0 Å². The smallest absolute Gasteiger partial charge is 0.0914 e. The van der Waals surface area contributed by atoms with Gasteiger partial charge < -0.3 is 0 Å². The Morgan fingerprint density at radius 3 is 1.50 bits per heavy atom. The van der Waals surface area contributed by atoms with Crippen molar-refractivity contribution in [2.45, 2.75) is 13.8 Å². The second-order valence-corrected chi connectivity index (χ2v) is 1.91. The van der Waals surface area contributed by atoms with Gasteiger partial charge in [-0.15, -0.1) is 0 Å². The van der Waals surface area contributed by atoms with Crippen LogP contribution in [0, 0.1) is 22.7 Å². The van der Waals surface area contributed by atoms with Gasteiger partial charge >= 0.3 is 0 Å². The molecule has 0 aliphatic rings. The largest absolute Gasteiger partial charge is 0.193 e. The number of hydrogen-bond donors (Lipinski definition) is 0. The Morgan fingerprint density at radius 2 is 1.30 bits per heavy atom. The summed E-state index contributed by atoms with van der Waals surface area (Å²) >= 11 is 0. The predicted molar refractivity (Wildman–Crippen MR) is 38.7 cm³/mol. The topological polar surface area (TPSA) is 47.6 Å². The first-order valence-electron chi connectivity index (χ1n) is 2.85. The molecule has 0 unspecified atom stereocenters. The van der Waals surface area contributed by atoms with Crippen LogP contribution in [0.4, 0.5) is 0 Å². The van der Waals surface area contributed by atoms with Crippen molar-refractivity contribution in [3.63, 3.8) is 0 Å². The van der Waals surface area contributed by atoms with E-state index in [0.717, 1.165) is 11.1 Å². The molecule has 0 spiro atoms. The normalized spacial score (nSPS) is 12.0. The minimum Gasteiger partial charge on any atom is -0.193 e. The second kappa shape index (κ2) is 4.35. The molecule has 0 bridgehead atoms. The third-order valence-corrected chi connectivity index (χ3v) is 1.18. The lowest BCUT2D eigenvalue weighted by Gasteiger charge is -1.92. The molecule has 2 heteroatoms. The van der Waals surface area contributed by atoms with E-state index in [-0.39, 0.29) is 0 Å². The molecule has 0 saturated carbocycles. The van der Waals surface area contributed by atoms with Crippen molar-refractivity contribution < 1.29 is 0 Å². The van der Waals surface area contributed by atoms with Gasteiger partial charge in [0.05, 0.1) is 12.1 Å². The summed E-state index contributed by atoms with van der Waals surface area (Å²) in [5.41, 5.74) is 1.67. The summed E-state index contributed by atoms with van der Waals surface area (Å²) in [6, 6.07) is 3.79. The number of hydrogen-bond acceptors (Lipinski definition) is 2. The van der Waals surface area contributed by atoms with E-state index >= 15 is 0 Å². The molecule has 0 atom stereocenters. The number of rotatable bonds is 1. The molecule has 0 aromatic carbocycles. The Labute approximate surface area is 60.7 Å². The quantitative estimate of drug-likeness (QED) is 0.404. The molecule has 50 valence electrons. The van der Waals surface area contributed by atoms with Crippen LogP contribution in [0.25, 0.3) is 0 Å². The summed E-state index contributed by atoms with van der Waals surface area (Å²) in [6.07, 6.45) is 2.84. The van der Waals surface area contributed by atoms with E-state index in [1.165, 1.54) is 12.2 Å². The average molecular weight is 132 g/mol. The zero-order valence-corrected chi connectivity index (χ0v) is 6.05. The maximum absolute atomic E-state index is 8.22. The number of nitrogens with zero attached hydrogens (tertiary/aromatic N) is 2. The van der Waals surface area contributed by atoms with E-state index in [4.69, 9.17) is 10.5 Å². The second-order valence-electron chi connectivity index (χ2n) is 1.91. The molecular formula is C8H8N2. The first kappa shape index (κ1) is 8.46. The molecule has 0 amide bonds. The van der Waals surface area contributed by atoms with Gasteiger partial charge in [-0.1, -0.05) is 0 Å². The predicted octanol–water partition coefficient (Wildman–Crippen LogP) is 1.93. The highest BCUT2D eigenvalue weighted by atomic mass is 14.2. The standard InChI is InChI=1S/C8H8N2/c1-7(3-5-9)8(2)4-6-10/h3-4H,1-2H3/b7-3+,8-4+. The number of nitriles is 2. The summed E-state index contributed by atoms with van der Waals surface area (Å²) in [4.78, 5) is 0. The van der Waals surface area contributed by atoms with Crippen molar-refractivity contribution in [2.24, 2.45) is 0 Å². The zero-order valence-electron chi connectivity index (χ0n) is 6.05. The molecule has 0 heterocycles. The van der Waals surface area contributed by atoms with Crippen LogP contribution in [0.3, 0.4) is 0 Å². The Hall–Kier alpha value is -1.54. The van der Waals surface area contributed by atoms with Crippen LogP contribution in [-0.2, 0) is 0 Å². The Kier molecular flexibility index (Phi) is 3.68. The lowest BCUT2D eigenvalue weighted by molar-refractivity contribution is 1.34. The summed E-state index contributed by atoms with van der Waals surface area (Å²) in [7, 11) is 0. The van der Waals surface area contributed by atoms with E-state index in [1.807, 2.05) is 12.1 Å². The Bertz CT molecular complexity index is 217. The maximum atomic E-state index is 8.22. The molecule has 10 heavy (non-hydrogen) atoms. The molecule has 0 fully saturated rings. The van der Waals surface area contributed by atoms with Crippen molar-refractivity contribution in [1.29, 1.82) is 10.5 Å². The summed E-state index contributed by atoms with van der Waals surface area (Å²) < 4.78 is 0. The van der Waals surface area contributed by atoms with Crippen molar-refractivity contribution in [2.75, 3.05) is 0 Å². The zero-order chi connectivity index (χ0) is 7.98. The van der Waals surface area contributed by atoms with Gasteiger partial charge in [-0.2, -0.15) is 10.5 Å². The van der Waals surface area contributed by atoms with Gasteiger partial charge in [0.15, 0.2) is 0 Å². The van der Waals surface area contributed by atoms with Crippen molar-refractivity contribution in [3.8, 4) is 12.1 Å². The van der Waals surface area contributed by atoms with Crippen molar-refractivity contribution in [3.05, 3.63) is 23.3 Å². The lowest BCUT2D eigenvalue weighted by Crippen LogP contribution is -1.76. The first-order valence-corrected chi connectivity index (χ1v) is 2.85. The highest BCUT2D eigenvalue weighted by molar-refractivity contribution is 5.34. The molecule has 0 N–H and O–H groups in total. The molecular weight excluding hydrogens is 124 g/mol. The fraction of sp³-hybridized carbons (Fsp3) is 0.250. The van der Waals surface area contributed by atoms with Gasteiger partial charge in [0.1, 0.15) is 0 Å². The fourth-order valence-electron chi connectivity index (χ4n) is 0.421. The molecule has 0 aliphatic heterocycles. The lowest BCUT2D eigenvalue weighted by atomic mass is 10.1. The van der Waals surface area contributed by atoms with Crippen LogP contribution in [0.2, 0.25) is 0 Å². The van der Waals surface area contributed by atoms with Crippen LogP contribution in [0.1, 0.15) is 13.8 Å². The summed E-state index contributed by atoms with van der Waals surface area (Å²) in [5, 5.41) is 16.4. The SMILES string of the molecule is CC(=C\C#N)/C(C)=C/C#N. The van der Waals surface area contributed by atoms with Gasteiger partial charge in [0, 0.05) is 12.2 Å². The maximum Gasteiger partial charge on any atom is 0.0914 e. The van der Waals surface area contributed by atoms with E-state index in [1.54, 1.807) is 13.8 Å². The highest BCUT2D eigenvalue weighted by Gasteiger charge is 1.89. The van der Waals surface area contributed by atoms with Crippen LogP contribution in [0.15, 0.2) is 23.3 Å². The molecule has 0 aromatic heterocycles. The van der Waals surface area contributed by atoms with Gasteiger partial charge in [0.2, 0.25) is 0 Å². The number of allylic oxidation sites excluding steroid dienone is 4. The van der Waals surface area contributed by atoms with Crippen LogP contribution in [0.5, 0.6) is 0 Å². The molecule has 0 rings (SSSR count). The van der Waals surface area contributed by atoms with E-state index in [0.29, 0.717) is 0 Å². The first-order chi connectivity index (χ1) is 4.72. The Morgan fingerprint density at radius 1 is 1.00 bits per heavy atom. The average Bonchev–Trinajstić information content (AvgIpc) is 1.89. The van der Waals surface area contributed by atoms with Gasteiger partial charge in [-0.05, 0) is 25.0 Å². The van der Waals surface area contributed by atoms with E-state index in [9.17, 15) is 0 Å². The minimum atomic E-state index is 0.837. The fourth-order valence-corrected chi connectivity index (χ4v) is 0.421. The van der Waals surface area contributed by atoms with Gasteiger partial charge in [-0.3, -0.25) is 0 Å². The molecule has 0 aromatic rings. The molecule has 0 saturated heterocycles. The highest BCUT2D eigenvalue weighted by Crippen LogP contribution is 2.05. The van der Waals surface area contributed by atoms with E-state index < -0.39 is 0 Å². The van der Waals surface area contributed by atoms with Crippen LogP contribution >= 0.6 is 0 Å².